The first-order valence-corrected chi connectivity index (χ1v) is 1.97. The fourth-order valence-corrected chi connectivity index (χ4v) is 0.194. The van der Waals surface area contributed by atoms with Crippen LogP contribution in [0.2, 0.25) is 0 Å². The van der Waals surface area contributed by atoms with Crippen LogP contribution in [0, 0.1) is 10.1 Å². The van der Waals surface area contributed by atoms with Gasteiger partial charge in [0.1, 0.15) is 0 Å². The molecule has 0 bridgehead atoms. The van der Waals surface area contributed by atoms with Crippen LogP contribution in [0.4, 0.5) is 0 Å². The summed E-state index contributed by atoms with van der Waals surface area (Å²) < 4.78 is 0. The Bertz CT molecular complexity index is 63.2. The molecule has 0 heterocycles. The molecule has 4 heteroatoms. The Labute approximate surface area is 40.9 Å². The van der Waals surface area contributed by atoms with E-state index in [4.69, 9.17) is 0 Å². The van der Waals surface area contributed by atoms with Crippen molar-refractivity contribution >= 4 is 0 Å². The second kappa shape index (κ2) is 3.55. The second-order valence-electron chi connectivity index (χ2n) is 1.11. The summed E-state index contributed by atoms with van der Waals surface area (Å²) in [5.74, 6) is 0. The number of hydrogen-bond donors (Lipinski definition) is 0. The molecular weight excluding hydrogens is 98.0 g/mol. The number of nitrogens with zero attached hydrogens (tertiary/aromatic N) is 1. The van der Waals surface area contributed by atoms with Crippen LogP contribution in [0.5, 0.6) is 0 Å². The highest BCUT2D eigenvalue weighted by molar-refractivity contribution is 4.26. The van der Waals surface area contributed by atoms with Gasteiger partial charge in [-0.1, -0.05) is 0 Å². The highest BCUT2D eigenvalue weighted by atomic mass is 16.6. The van der Waals surface area contributed by atoms with Gasteiger partial charge in [0.15, 0.2) is 0 Å². The van der Waals surface area contributed by atoms with Gasteiger partial charge in [-0.15, -0.1) is 0 Å². The van der Waals surface area contributed by atoms with Gasteiger partial charge < -0.3 is 0 Å². The Balaban J connectivity index is 2.82. The quantitative estimate of drug-likeness (QED) is 0.376. The molecule has 0 atom stereocenters. The first-order chi connectivity index (χ1) is 3.27. The Hall–Kier alpha value is -0.640. The summed E-state index contributed by atoms with van der Waals surface area (Å²) in [6, 6.07) is 0. The maximum Gasteiger partial charge on any atom is 0.206 e. The highest BCUT2D eigenvalue weighted by Gasteiger charge is 1.92. The number of nitro groups is 1. The van der Waals surface area contributed by atoms with E-state index < -0.39 is 4.92 Å². The van der Waals surface area contributed by atoms with Crippen LogP contribution in [0.25, 0.3) is 0 Å². The molecule has 0 amide bonds. The minimum absolute atomic E-state index is 0.146. The Kier molecular flexibility index (Phi) is 3.22. The van der Waals surface area contributed by atoms with E-state index in [-0.39, 0.29) is 19.6 Å². The molecule has 0 rings (SSSR count). The van der Waals surface area contributed by atoms with Crippen LogP contribution >= 0.6 is 0 Å². The minimum atomic E-state index is -0.488. The molecule has 41 valence electrons. The van der Waals surface area contributed by atoms with Crippen molar-refractivity contribution in [1.82, 2.24) is 0 Å². The maximum absolute atomic E-state index is 9.53. The summed E-state index contributed by atoms with van der Waals surface area (Å²) in [4.78, 5) is 8.94. The fraction of sp³-hybridized carbons (Fsp3) is 1.00. The van der Waals surface area contributed by atoms with Gasteiger partial charge in [0.2, 0.25) is 6.54 Å². The lowest BCUT2D eigenvalue weighted by Gasteiger charge is -1.83. The van der Waals surface area contributed by atoms with E-state index in [1.807, 2.05) is 0 Å². The molecule has 0 aliphatic rings. The zero-order valence-corrected chi connectivity index (χ0v) is 3.79. The van der Waals surface area contributed by atoms with Crippen molar-refractivity contribution < 1.29 is 10.0 Å². The van der Waals surface area contributed by atoms with Gasteiger partial charge in [0.05, 0.1) is 6.61 Å². The van der Waals surface area contributed by atoms with Crippen molar-refractivity contribution in [2.24, 2.45) is 0 Å². The fourth-order valence-electron chi connectivity index (χ4n) is 0.194. The average Bonchev–Trinajstić information content (AvgIpc) is 1.61. The molecule has 0 aromatic heterocycles. The van der Waals surface area contributed by atoms with E-state index in [0.717, 1.165) is 0 Å². The lowest BCUT2D eigenvalue weighted by atomic mass is 10.5. The van der Waals surface area contributed by atoms with Crippen LogP contribution in [0.15, 0.2) is 0 Å². The molecule has 1 radical (unpaired) electrons. The normalized spacial score (nSPS) is 8.71. The third-order valence-electron chi connectivity index (χ3n) is 0.485. The zero-order chi connectivity index (χ0) is 5.70. The van der Waals surface area contributed by atoms with Gasteiger partial charge in [-0.2, -0.15) is 0 Å². The molecule has 0 aliphatic carbocycles. The summed E-state index contributed by atoms with van der Waals surface area (Å²) >= 11 is 0. The molecule has 0 aliphatic heterocycles. The zero-order valence-electron chi connectivity index (χ0n) is 3.79. The van der Waals surface area contributed by atoms with Gasteiger partial charge >= 0.3 is 0 Å². The van der Waals surface area contributed by atoms with Crippen LogP contribution in [-0.4, -0.2) is 18.1 Å². The van der Waals surface area contributed by atoms with Crippen molar-refractivity contribution in [3.05, 3.63) is 10.1 Å². The molecule has 0 fully saturated rings. The van der Waals surface area contributed by atoms with Gasteiger partial charge in [0, 0.05) is 11.3 Å². The standard InChI is InChI=1S/C3H6NO3/c5-3-1-2-4(6)7/h1-3H2. The third-order valence-corrected chi connectivity index (χ3v) is 0.485. The molecule has 0 aromatic rings. The number of hydrogen-bond acceptors (Lipinski definition) is 2. The van der Waals surface area contributed by atoms with E-state index >= 15 is 0 Å². The minimum Gasteiger partial charge on any atom is -0.265 e. The van der Waals surface area contributed by atoms with Gasteiger partial charge in [-0.3, -0.25) is 10.1 Å². The van der Waals surface area contributed by atoms with E-state index in [9.17, 15) is 15.2 Å². The van der Waals surface area contributed by atoms with Crippen molar-refractivity contribution in [1.29, 1.82) is 0 Å². The first kappa shape index (κ1) is 6.36. The predicted octanol–water partition coefficient (Wildman–Crippen LogP) is 0.0837. The largest absolute Gasteiger partial charge is 0.265 e. The van der Waals surface area contributed by atoms with E-state index in [0.29, 0.717) is 0 Å². The van der Waals surface area contributed by atoms with Crippen molar-refractivity contribution in [3.63, 3.8) is 0 Å². The molecule has 0 N–H and O–H groups in total. The summed E-state index contributed by atoms with van der Waals surface area (Å²) in [5, 5.41) is 19.0. The number of rotatable bonds is 3. The van der Waals surface area contributed by atoms with Gasteiger partial charge in [0.25, 0.3) is 0 Å². The maximum atomic E-state index is 9.53. The Morgan fingerprint density at radius 1 is 1.57 bits per heavy atom. The summed E-state index contributed by atoms with van der Waals surface area (Å²) in [7, 11) is 0. The molecule has 0 spiro atoms. The van der Waals surface area contributed by atoms with Gasteiger partial charge in [-0.25, -0.2) is 5.11 Å². The van der Waals surface area contributed by atoms with Crippen LogP contribution in [0.3, 0.4) is 0 Å². The smallest absolute Gasteiger partial charge is 0.206 e. The molecular formula is C3H6NO3. The lowest BCUT2D eigenvalue weighted by molar-refractivity contribution is -0.481. The second-order valence-corrected chi connectivity index (χ2v) is 1.11. The molecule has 0 saturated heterocycles. The van der Waals surface area contributed by atoms with E-state index in [1.54, 1.807) is 0 Å². The lowest BCUT2D eigenvalue weighted by Crippen LogP contribution is -2.01. The highest BCUT2D eigenvalue weighted by Crippen LogP contribution is 1.75. The van der Waals surface area contributed by atoms with Gasteiger partial charge in [-0.05, 0) is 0 Å². The predicted molar refractivity (Wildman–Crippen MR) is 22.0 cm³/mol. The average molecular weight is 104 g/mol. The third kappa shape index (κ3) is 5.36. The van der Waals surface area contributed by atoms with Crippen molar-refractivity contribution in [2.75, 3.05) is 13.2 Å². The van der Waals surface area contributed by atoms with E-state index in [2.05, 4.69) is 0 Å². The summed E-state index contributed by atoms with van der Waals surface area (Å²) in [6.07, 6.45) is 0.146. The Morgan fingerprint density at radius 3 is 2.29 bits per heavy atom. The van der Waals surface area contributed by atoms with Crippen LogP contribution in [0.1, 0.15) is 6.42 Å². The first-order valence-electron chi connectivity index (χ1n) is 1.97. The molecule has 0 saturated carbocycles. The summed E-state index contributed by atoms with van der Waals surface area (Å²) in [5.41, 5.74) is 0. The molecule has 4 nitrogen and oxygen atoms in total. The van der Waals surface area contributed by atoms with Crippen LogP contribution < -0.4 is 0 Å². The topological polar surface area (TPSA) is 63.0 Å². The Morgan fingerprint density at radius 2 is 2.14 bits per heavy atom. The van der Waals surface area contributed by atoms with Crippen LogP contribution in [-0.2, 0) is 5.11 Å². The SMILES string of the molecule is [O]CCC[N+](=O)[O-]. The molecule has 0 unspecified atom stereocenters. The monoisotopic (exact) mass is 104 g/mol. The van der Waals surface area contributed by atoms with Crippen molar-refractivity contribution in [3.8, 4) is 0 Å². The molecule has 7 heavy (non-hydrogen) atoms. The van der Waals surface area contributed by atoms with E-state index in [1.165, 1.54) is 0 Å². The summed E-state index contributed by atoms with van der Waals surface area (Å²) in [6.45, 7) is -0.537. The van der Waals surface area contributed by atoms with Crippen molar-refractivity contribution in [2.45, 2.75) is 6.42 Å². The molecule has 0 aromatic carbocycles.